The largest absolute Gasteiger partial charge is 0.394 e. The molecule has 1 aromatic rings. The van der Waals surface area contributed by atoms with Gasteiger partial charge in [0.25, 0.3) is 0 Å². The van der Waals surface area contributed by atoms with Crippen molar-refractivity contribution in [2.75, 3.05) is 6.61 Å². The van der Waals surface area contributed by atoms with Gasteiger partial charge in [-0.2, -0.15) is 0 Å². The molecule has 17 heavy (non-hydrogen) atoms. The molecule has 0 saturated heterocycles. The molecule has 0 spiro atoms. The van der Waals surface area contributed by atoms with Crippen LogP contribution in [0.15, 0.2) is 12.4 Å². The molecule has 0 radical (unpaired) electrons. The number of rotatable bonds is 7. The van der Waals surface area contributed by atoms with Crippen LogP contribution >= 0.6 is 0 Å². The van der Waals surface area contributed by atoms with E-state index in [1.807, 2.05) is 12.4 Å². The highest BCUT2D eigenvalue weighted by molar-refractivity contribution is 4.98. The average molecular weight is 237 g/mol. The quantitative estimate of drug-likeness (QED) is 0.752. The van der Waals surface area contributed by atoms with Gasteiger partial charge in [0.2, 0.25) is 0 Å². The Labute approximate surface area is 103 Å². The molecule has 4 nitrogen and oxygen atoms in total. The van der Waals surface area contributed by atoms with E-state index in [1.165, 1.54) is 12.8 Å². The minimum atomic E-state index is -0.232. The first-order valence-corrected chi connectivity index (χ1v) is 6.55. The molecule has 0 amide bonds. The lowest BCUT2D eigenvalue weighted by Crippen LogP contribution is -2.50. The number of aliphatic hydroxyl groups is 1. The lowest BCUT2D eigenvalue weighted by molar-refractivity contribution is 0.154. The third kappa shape index (κ3) is 3.30. The minimum absolute atomic E-state index is 0.160. The van der Waals surface area contributed by atoms with E-state index in [-0.39, 0.29) is 12.1 Å². The highest BCUT2D eigenvalue weighted by Gasteiger charge is 2.32. The minimum Gasteiger partial charge on any atom is -0.394 e. The smallest absolute Gasteiger partial charge is 0.108 e. The van der Waals surface area contributed by atoms with Crippen molar-refractivity contribution in [3.63, 3.8) is 0 Å². The molecule has 1 aromatic heterocycles. The van der Waals surface area contributed by atoms with E-state index >= 15 is 0 Å². The Kier molecular flexibility index (Phi) is 3.84. The van der Waals surface area contributed by atoms with Crippen LogP contribution in [-0.2, 0) is 13.0 Å². The topological polar surface area (TPSA) is 50.1 Å². The van der Waals surface area contributed by atoms with Crippen LogP contribution in [-0.4, -0.2) is 32.8 Å². The first kappa shape index (κ1) is 12.6. The fourth-order valence-electron chi connectivity index (χ4n) is 2.17. The van der Waals surface area contributed by atoms with E-state index in [1.54, 1.807) is 0 Å². The lowest BCUT2D eigenvalue weighted by Gasteiger charge is -2.30. The molecule has 0 aromatic carbocycles. The second kappa shape index (κ2) is 5.19. The molecule has 1 heterocycles. The van der Waals surface area contributed by atoms with E-state index in [0.29, 0.717) is 6.04 Å². The summed E-state index contributed by atoms with van der Waals surface area (Å²) in [6.07, 6.45) is 8.43. The lowest BCUT2D eigenvalue weighted by atomic mass is 10.0. The van der Waals surface area contributed by atoms with Crippen LogP contribution in [0.25, 0.3) is 0 Å². The van der Waals surface area contributed by atoms with E-state index < -0.39 is 0 Å². The Balaban J connectivity index is 2.02. The van der Waals surface area contributed by atoms with E-state index in [2.05, 4.69) is 28.7 Å². The summed E-state index contributed by atoms with van der Waals surface area (Å²) in [6.45, 7) is 5.19. The van der Waals surface area contributed by atoms with Crippen LogP contribution in [0.5, 0.6) is 0 Å². The molecular weight excluding hydrogens is 214 g/mol. The van der Waals surface area contributed by atoms with Crippen molar-refractivity contribution in [3.8, 4) is 0 Å². The molecule has 1 aliphatic carbocycles. The number of hydrogen-bond acceptors (Lipinski definition) is 3. The molecule has 96 valence electrons. The van der Waals surface area contributed by atoms with E-state index in [4.69, 9.17) is 0 Å². The van der Waals surface area contributed by atoms with Gasteiger partial charge in [-0.3, -0.25) is 0 Å². The number of aliphatic hydroxyl groups excluding tert-OH is 1. The zero-order valence-electron chi connectivity index (χ0n) is 10.8. The van der Waals surface area contributed by atoms with Crippen LogP contribution in [0.4, 0.5) is 0 Å². The average Bonchev–Trinajstić information content (AvgIpc) is 3.01. The highest BCUT2D eigenvalue weighted by atomic mass is 16.3. The van der Waals surface area contributed by atoms with Crippen molar-refractivity contribution in [2.45, 2.75) is 57.7 Å². The van der Waals surface area contributed by atoms with Crippen molar-refractivity contribution in [2.24, 2.45) is 0 Å². The predicted octanol–water partition coefficient (Wildman–Crippen LogP) is 1.34. The molecule has 1 fully saturated rings. The van der Waals surface area contributed by atoms with Crippen LogP contribution < -0.4 is 5.32 Å². The molecular formula is C13H23N3O. The standard InChI is InChI=1S/C13H23N3O/c1-3-4-12-14-7-8-16(12)9-13(2,10-17)15-11-5-6-11/h7-8,11,15,17H,3-6,9-10H2,1-2H3. The molecule has 2 N–H and O–H groups in total. The summed E-state index contributed by atoms with van der Waals surface area (Å²) in [5.41, 5.74) is -0.232. The summed E-state index contributed by atoms with van der Waals surface area (Å²) in [7, 11) is 0. The SMILES string of the molecule is CCCc1nccn1CC(C)(CO)NC1CC1. The Morgan fingerprint density at radius 2 is 2.35 bits per heavy atom. The maximum Gasteiger partial charge on any atom is 0.108 e. The molecule has 4 heteroatoms. The van der Waals surface area contributed by atoms with Crippen molar-refractivity contribution >= 4 is 0 Å². The molecule has 2 rings (SSSR count). The van der Waals surface area contributed by atoms with Gasteiger partial charge in [-0.15, -0.1) is 0 Å². The van der Waals surface area contributed by atoms with Gasteiger partial charge in [0.05, 0.1) is 12.1 Å². The second-order valence-electron chi connectivity index (χ2n) is 5.36. The first-order chi connectivity index (χ1) is 8.17. The summed E-state index contributed by atoms with van der Waals surface area (Å²) in [6, 6.07) is 0.602. The zero-order chi connectivity index (χ0) is 12.3. The van der Waals surface area contributed by atoms with Gasteiger partial charge in [-0.25, -0.2) is 4.98 Å². The summed E-state index contributed by atoms with van der Waals surface area (Å²) >= 11 is 0. The summed E-state index contributed by atoms with van der Waals surface area (Å²) < 4.78 is 2.16. The Bertz CT molecular complexity index is 359. The third-order valence-corrected chi connectivity index (χ3v) is 3.27. The summed E-state index contributed by atoms with van der Waals surface area (Å²) in [4.78, 5) is 4.37. The number of hydrogen-bond donors (Lipinski definition) is 2. The second-order valence-corrected chi connectivity index (χ2v) is 5.36. The monoisotopic (exact) mass is 237 g/mol. The van der Waals surface area contributed by atoms with Gasteiger partial charge in [-0.1, -0.05) is 6.92 Å². The normalized spacial score (nSPS) is 19.2. The van der Waals surface area contributed by atoms with Crippen LogP contribution in [0.3, 0.4) is 0 Å². The van der Waals surface area contributed by atoms with Gasteiger partial charge in [0.1, 0.15) is 5.82 Å². The Morgan fingerprint density at radius 3 is 2.94 bits per heavy atom. The van der Waals surface area contributed by atoms with Gasteiger partial charge in [0, 0.05) is 31.4 Å². The predicted molar refractivity (Wildman–Crippen MR) is 67.9 cm³/mol. The van der Waals surface area contributed by atoms with E-state index in [9.17, 15) is 5.11 Å². The first-order valence-electron chi connectivity index (χ1n) is 6.55. The van der Waals surface area contributed by atoms with Crippen LogP contribution in [0.2, 0.25) is 0 Å². The maximum atomic E-state index is 9.59. The molecule has 0 aliphatic heterocycles. The van der Waals surface area contributed by atoms with Crippen molar-refractivity contribution < 1.29 is 5.11 Å². The molecule has 1 saturated carbocycles. The van der Waals surface area contributed by atoms with Crippen LogP contribution in [0.1, 0.15) is 38.9 Å². The molecule has 1 unspecified atom stereocenters. The number of nitrogens with zero attached hydrogens (tertiary/aromatic N) is 2. The number of nitrogens with one attached hydrogen (secondary N) is 1. The highest BCUT2D eigenvalue weighted by Crippen LogP contribution is 2.23. The van der Waals surface area contributed by atoms with Gasteiger partial charge < -0.3 is 15.0 Å². The molecule has 1 atom stereocenters. The van der Waals surface area contributed by atoms with Crippen LogP contribution in [0, 0.1) is 0 Å². The molecule has 0 bridgehead atoms. The van der Waals surface area contributed by atoms with Gasteiger partial charge in [-0.05, 0) is 26.2 Å². The maximum absolute atomic E-state index is 9.59. The van der Waals surface area contributed by atoms with E-state index in [0.717, 1.165) is 25.2 Å². The Morgan fingerprint density at radius 1 is 1.59 bits per heavy atom. The zero-order valence-corrected chi connectivity index (χ0v) is 10.8. The van der Waals surface area contributed by atoms with Gasteiger partial charge >= 0.3 is 0 Å². The summed E-state index contributed by atoms with van der Waals surface area (Å²) in [5, 5.41) is 13.1. The van der Waals surface area contributed by atoms with Crippen molar-refractivity contribution in [1.82, 2.24) is 14.9 Å². The number of aromatic nitrogens is 2. The van der Waals surface area contributed by atoms with Gasteiger partial charge in [0.15, 0.2) is 0 Å². The Hall–Kier alpha value is -0.870. The number of aryl methyl sites for hydroxylation is 1. The third-order valence-electron chi connectivity index (χ3n) is 3.27. The number of imidazole rings is 1. The van der Waals surface area contributed by atoms with Crippen molar-refractivity contribution in [1.29, 1.82) is 0 Å². The fourth-order valence-corrected chi connectivity index (χ4v) is 2.17. The van der Waals surface area contributed by atoms with Crippen molar-refractivity contribution in [3.05, 3.63) is 18.2 Å². The summed E-state index contributed by atoms with van der Waals surface area (Å²) in [5.74, 6) is 1.12. The molecule has 1 aliphatic rings. The fraction of sp³-hybridized carbons (Fsp3) is 0.769.